The molecule has 7 nitrogen and oxygen atoms in total. The monoisotopic (exact) mass is 345 g/mol. The molecule has 2 aromatic rings. The van der Waals surface area contributed by atoms with Crippen molar-refractivity contribution in [2.75, 3.05) is 26.3 Å². The SMILES string of the molecule is Cn1c(=O)n(C)c2cc(S(=O)(=O)N3CCOCC3)c(Cl)cc21. The Bertz CT molecular complexity index is 894. The summed E-state index contributed by atoms with van der Waals surface area (Å²) >= 11 is 6.18. The number of hydrogen-bond donors (Lipinski definition) is 0. The molecule has 0 atom stereocenters. The lowest BCUT2D eigenvalue weighted by Gasteiger charge is -2.26. The van der Waals surface area contributed by atoms with Crippen molar-refractivity contribution in [1.29, 1.82) is 0 Å². The Kier molecular flexibility index (Phi) is 3.80. The van der Waals surface area contributed by atoms with Gasteiger partial charge in [-0.3, -0.25) is 9.13 Å². The molecule has 1 fully saturated rings. The molecule has 2 heterocycles. The number of rotatable bonds is 2. The van der Waals surface area contributed by atoms with Crippen molar-refractivity contribution < 1.29 is 13.2 Å². The van der Waals surface area contributed by atoms with E-state index in [2.05, 4.69) is 0 Å². The first-order valence-corrected chi connectivity index (χ1v) is 8.58. The molecule has 120 valence electrons. The first kappa shape index (κ1) is 15.5. The minimum atomic E-state index is -3.71. The third-order valence-corrected chi connectivity index (χ3v) is 6.28. The number of fused-ring (bicyclic) bond motifs is 1. The lowest BCUT2D eigenvalue weighted by Crippen LogP contribution is -2.40. The molecule has 1 aliphatic heterocycles. The van der Waals surface area contributed by atoms with E-state index in [4.69, 9.17) is 16.3 Å². The Morgan fingerprint density at radius 3 is 2.23 bits per heavy atom. The maximum Gasteiger partial charge on any atom is 0.328 e. The number of aromatic nitrogens is 2. The molecule has 1 saturated heterocycles. The van der Waals surface area contributed by atoms with E-state index in [0.29, 0.717) is 37.3 Å². The number of nitrogens with zero attached hydrogens (tertiary/aromatic N) is 3. The Labute approximate surface area is 132 Å². The number of ether oxygens (including phenoxy) is 1. The van der Waals surface area contributed by atoms with Crippen LogP contribution in [0.15, 0.2) is 21.8 Å². The molecule has 0 spiro atoms. The standard InChI is InChI=1S/C13H16ClN3O4S/c1-15-10-7-9(14)12(8-11(10)16(2)13(15)18)22(19,20)17-3-5-21-6-4-17/h7-8H,3-6H2,1-2H3. The van der Waals surface area contributed by atoms with Gasteiger partial charge in [-0.2, -0.15) is 4.31 Å². The molecular weight excluding hydrogens is 330 g/mol. The number of morpholine rings is 1. The second-order valence-corrected chi connectivity index (χ2v) is 7.50. The summed E-state index contributed by atoms with van der Waals surface area (Å²) < 4.78 is 34.9. The Morgan fingerprint density at radius 2 is 1.64 bits per heavy atom. The third-order valence-electron chi connectivity index (χ3n) is 3.91. The van der Waals surface area contributed by atoms with Crippen molar-refractivity contribution in [3.8, 4) is 0 Å². The molecule has 0 aliphatic carbocycles. The molecule has 0 unspecified atom stereocenters. The predicted molar refractivity (Wildman–Crippen MR) is 82.7 cm³/mol. The van der Waals surface area contributed by atoms with Gasteiger partial charge in [0.1, 0.15) is 4.90 Å². The van der Waals surface area contributed by atoms with E-state index in [1.807, 2.05) is 0 Å². The van der Waals surface area contributed by atoms with Gasteiger partial charge in [-0.25, -0.2) is 13.2 Å². The fourth-order valence-corrected chi connectivity index (χ4v) is 4.55. The Hall–Kier alpha value is -1.35. The van der Waals surface area contributed by atoms with Crippen LogP contribution in [0, 0.1) is 0 Å². The minimum Gasteiger partial charge on any atom is -0.379 e. The lowest BCUT2D eigenvalue weighted by molar-refractivity contribution is 0.0730. The number of benzene rings is 1. The van der Waals surface area contributed by atoms with Crippen LogP contribution >= 0.6 is 11.6 Å². The molecule has 0 N–H and O–H groups in total. The average Bonchev–Trinajstić information content (AvgIpc) is 2.72. The Balaban J connectivity index is 2.20. The molecule has 22 heavy (non-hydrogen) atoms. The van der Waals surface area contributed by atoms with E-state index in [1.165, 1.54) is 25.6 Å². The second-order valence-electron chi connectivity index (χ2n) is 5.19. The summed E-state index contributed by atoms with van der Waals surface area (Å²) in [5, 5.41) is 0.111. The summed E-state index contributed by atoms with van der Waals surface area (Å²) in [4.78, 5) is 12.0. The largest absolute Gasteiger partial charge is 0.379 e. The van der Waals surface area contributed by atoms with Gasteiger partial charge < -0.3 is 4.74 Å². The number of aryl methyl sites for hydroxylation is 2. The highest BCUT2D eigenvalue weighted by atomic mass is 35.5. The molecule has 1 aromatic heterocycles. The smallest absolute Gasteiger partial charge is 0.328 e. The van der Waals surface area contributed by atoms with Crippen LogP contribution in [-0.4, -0.2) is 48.2 Å². The summed E-state index contributed by atoms with van der Waals surface area (Å²) in [6.45, 7) is 1.32. The van der Waals surface area contributed by atoms with Crippen LogP contribution < -0.4 is 5.69 Å². The van der Waals surface area contributed by atoms with E-state index in [1.54, 1.807) is 14.1 Å². The molecule has 3 rings (SSSR count). The van der Waals surface area contributed by atoms with E-state index in [9.17, 15) is 13.2 Å². The highest BCUT2D eigenvalue weighted by molar-refractivity contribution is 7.89. The van der Waals surface area contributed by atoms with Gasteiger partial charge in [0, 0.05) is 27.2 Å². The van der Waals surface area contributed by atoms with E-state index >= 15 is 0 Å². The maximum atomic E-state index is 12.7. The lowest BCUT2D eigenvalue weighted by atomic mass is 10.3. The number of halogens is 1. The summed E-state index contributed by atoms with van der Waals surface area (Å²) in [5.74, 6) is 0. The summed E-state index contributed by atoms with van der Waals surface area (Å²) in [7, 11) is -0.485. The summed E-state index contributed by atoms with van der Waals surface area (Å²) in [5.41, 5.74) is 0.897. The van der Waals surface area contributed by atoms with E-state index < -0.39 is 10.0 Å². The van der Waals surface area contributed by atoms with Crippen molar-refractivity contribution >= 4 is 32.7 Å². The number of sulfonamides is 1. The van der Waals surface area contributed by atoms with Crippen LogP contribution in [0.2, 0.25) is 5.02 Å². The Morgan fingerprint density at radius 1 is 1.09 bits per heavy atom. The van der Waals surface area contributed by atoms with Crippen molar-refractivity contribution in [1.82, 2.24) is 13.4 Å². The minimum absolute atomic E-state index is 0.0183. The molecular formula is C13H16ClN3O4S. The van der Waals surface area contributed by atoms with Crippen LogP contribution in [0.3, 0.4) is 0 Å². The summed E-state index contributed by atoms with van der Waals surface area (Å²) in [6.07, 6.45) is 0. The highest BCUT2D eigenvalue weighted by Gasteiger charge is 2.29. The fourth-order valence-electron chi connectivity index (χ4n) is 2.62. The normalized spacial score (nSPS) is 17.2. The van der Waals surface area contributed by atoms with Gasteiger partial charge >= 0.3 is 5.69 Å². The molecule has 0 radical (unpaired) electrons. The molecule has 0 saturated carbocycles. The van der Waals surface area contributed by atoms with Gasteiger partial charge in [-0.05, 0) is 12.1 Å². The summed E-state index contributed by atoms with van der Waals surface area (Å²) in [6, 6.07) is 2.98. The van der Waals surface area contributed by atoms with Crippen LogP contribution in [0.1, 0.15) is 0 Å². The molecule has 1 aliphatic rings. The van der Waals surface area contributed by atoms with Gasteiger partial charge in [0.15, 0.2) is 0 Å². The van der Waals surface area contributed by atoms with E-state index in [-0.39, 0.29) is 15.6 Å². The van der Waals surface area contributed by atoms with Gasteiger partial charge in [0.2, 0.25) is 10.0 Å². The average molecular weight is 346 g/mol. The molecule has 9 heteroatoms. The highest BCUT2D eigenvalue weighted by Crippen LogP contribution is 2.29. The molecule has 1 aromatic carbocycles. The van der Waals surface area contributed by atoms with Crippen molar-refractivity contribution in [3.05, 3.63) is 27.6 Å². The third kappa shape index (κ3) is 2.26. The quantitative estimate of drug-likeness (QED) is 0.796. The van der Waals surface area contributed by atoms with E-state index in [0.717, 1.165) is 0 Å². The zero-order valence-electron chi connectivity index (χ0n) is 12.2. The van der Waals surface area contributed by atoms with Crippen LogP contribution in [-0.2, 0) is 28.9 Å². The van der Waals surface area contributed by atoms with Crippen molar-refractivity contribution in [2.45, 2.75) is 4.90 Å². The van der Waals surface area contributed by atoms with Crippen molar-refractivity contribution in [3.63, 3.8) is 0 Å². The maximum absolute atomic E-state index is 12.7. The number of imidazole rings is 1. The topological polar surface area (TPSA) is 73.5 Å². The molecule has 0 amide bonds. The molecule has 0 bridgehead atoms. The zero-order chi connectivity index (χ0) is 16.1. The predicted octanol–water partition coefficient (Wildman–Crippen LogP) is 0.551. The van der Waals surface area contributed by atoms with Crippen LogP contribution in [0.5, 0.6) is 0 Å². The van der Waals surface area contributed by atoms with Crippen molar-refractivity contribution in [2.24, 2.45) is 14.1 Å². The van der Waals surface area contributed by atoms with Gasteiger partial charge in [0.25, 0.3) is 0 Å². The number of hydrogen-bond acceptors (Lipinski definition) is 4. The first-order valence-electron chi connectivity index (χ1n) is 6.77. The van der Waals surface area contributed by atoms with Gasteiger partial charge in [-0.15, -0.1) is 0 Å². The fraction of sp³-hybridized carbons (Fsp3) is 0.462. The second kappa shape index (κ2) is 5.38. The van der Waals surface area contributed by atoms with Gasteiger partial charge in [-0.1, -0.05) is 11.6 Å². The van der Waals surface area contributed by atoms with Crippen LogP contribution in [0.25, 0.3) is 11.0 Å². The van der Waals surface area contributed by atoms with Crippen LogP contribution in [0.4, 0.5) is 0 Å². The van der Waals surface area contributed by atoms with Gasteiger partial charge in [0.05, 0.1) is 29.3 Å². The zero-order valence-corrected chi connectivity index (χ0v) is 13.8. The first-order chi connectivity index (χ1) is 10.3.